The van der Waals surface area contributed by atoms with E-state index in [9.17, 15) is 0 Å². The number of hydroxylamine groups is 1. The quantitative estimate of drug-likeness (QED) is 0.567. The average molecular weight is 195 g/mol. The molecular weight excluding hydrogens is 178 g/mol. The molecule has 0 atom stereocenters. The van der Waals surface area contributed by atoms with Gasteiger partial charge in [-0.15, -0.1) is 0 Å². The lowest BCUT2D eigenvalue weighted by Crippen LogP contribution is -2.18. The molecule has 1 aromatic carbocycles. The lowest BCUT2D eigenvalue weighted by molar-refractivity contribution is 0.135. The van der Waals surface area contributed by atoms with Crippen LogP contribution in [0.5, 0.6) is 0 Å². The molecule has 4 heteroatoms. The van der Waals surface area contributed by atoms with Crippen LogP contribution in [0.3, 0.4) is 0 Å². The van der Waals surface area contributed by atoms with E-state index >= 15 is 0 Å². The fraction of sp³-hybridized carbons (Fsp3) is 0.400. The van der Waals surface area contributed by atoms with Crippen molar-refractivity contribution in [3.63, 3.8) is 0 Å². The summed E-state index contributed by atoms with van der Waals surface area (Å²) in [4.78, 5) is 5.36. The van der Waals surface area contributed by atoms with Gasteiger partial charge in [0.05, 0.1) is 18.0 Å². The summed E-state index contributed by atoms with van der Waals surface area (Å²) in [5.41, 5.74) is 8.35. The van der Waals surface area contributed by atoms with Gasteiger partial charge in [-0.3, -0.25) is 9.90 Å². The maximum absolute atomic E-state index is 5.68. The lowest BCUT2D eigenvalue weighted by Gasteiger charge is -2.21. The zero-order valence-electron chi connectivity index (χ0n) is 8.87. The first-order valence-corrected chi connectivity index (χ1v) is 4.63. The summed E-state index contributed by atoms with van der Waals surface area (Å²) in [5.74, 6) is 0. The Morgan fingerprint density at radius 1 is 1.50 bits per heavy atom. The van der Waals surface area contributed by atoms with Crippen LogP contribution in [0, 0.1) is 0 Å². The van der Waals surface area contributed by atoms with Crippen LogP contribution in [0.2, 0.25) is 0 Å². The third-order valence-corrected chi connectivity index (χ3v) is 1.95. The summed E-state index contributed by atoms with van der Waals surface area (Å²) in [7, 11) is 3.73. The fourth-order valence-electron chi connectivity index (χ4n) is 1.29. The lowest BCUT2D eigenvalue weighted by atomic mass is 10.2. The number of hydrogen-bond acceptors (Lipinski definition) is 4. The van der Waals surface area contributed by atoms with Gasteiger partial charge in [0.1, 0.15) is 0 Å². The first-order valence-electron chi connectivity index (χ1n) is 4.63. The van der Waals surface area contributed by atoms with E-state index < -0.39 is 0 Å². The Morgan fingerprint density at radius 3 is 2.79 bits per heavy atom. The second kappa shape index (κ2) is 4.72. The van der Waals surface area contributed by atoms with E-state index in [0.717, 1.165) is 17.1 Å². The Kier molecular flexibility index (Phi) is 3.59. The molecule has 0 aliphatic carbocycles. The van der Waals surface area contributed by atoms with Crippen molar-refractivity contribution in [2.45, 2.75) is 6.92 Å². The Labute approximate surface area is 84.6 Å². The molecule has 0 radical (unpaired) electrons. The third kappa shape index (κ3) is 2.29. The van der Waals surface area contributed by atoms with E-state index in [1.165, 1.54) is 0 Å². The highest BCUT2D eigenvalue weighted by Crippen LogP contribution is 2.26. The van der Waals surface area contributed by atoms with Crippen LogP contribution in [-0.4, -0.2) is 20.7 Å². The van der Waals surface area contributed by atoms with Crippen molar-refractivity contribution in [2.75, 3.05) is 36.8 Å². The minimum Gasteiger partial charge on any atom is -0.399 e. The summed E-state index contributed by atoms with van der Waals surface area (Å²) < 4.78 is 0. The van der Waals surface area contributed by atoms with Crippen LogP contribution < -0.4 is 16.1 Å². The van der Waals surface area contributed by atoms with E-state index in [4.69, 9.17) is 10.6 Å². The first kappa shape index (κ1) is 10.7. The number of hydrogen-bond donors (Lipinski definition) is 2. The molecule has 0 saturated heterocycles. The third-order valence-electron chi connectivity index (χ3n) is 1.95. The van der Waals surface area contributed by atoms with E-state index in [-0.39, 0.29) is 0 Å². The molecule has 0 aliphatic rings. The molecule has 1 aromatic rings. The molecule has 0 heterocycles. The molecule has 0 saturated carbocycles. The summed E-state index contributed by atoms with van der Waals surface area (Å²) in [6, 6.07) is 5.66. The number of nitrogen functional groups attached to an aromatic ring is 1. The van der Waals surface area contributed by atoms with Crippen molar-refractivity contribution >= 4 is 17.1 Å². The van der Waals surface area contributed by atoms with Crippen LogP contribution >= 0.6 is 0 Å². The largest absolute Gasteiger partial charge is 0.399 e. The smallest absolute Gasteiger partial charge is 0.0865 e. The second-order valence-electron chi connectivity index (χ2n) is 2.94. The standard InChI is InChI=1S/C10H17N3O/c1-4-14-13(3)10-6-5-8(11)7-9(10)12-2/h5-7,12H,4,11H2,1-3H3. The SMILES string of the molecule is CCON(C)c1ccc(N)cc1NC. The predicted molar refractivity (Wildman–Crippen MR) is 60.4 cm³/mol. The van der Waals surface area contributed by atoms with Crippen LogP contribution in [0.15, 0.2) is 18.2 Å². The topological polar surface area (TPSA) is 50.5 Å². The summed E-state index contributed by atoms with van der Waals surface area (Å²) >= 11 is 0. The maximum Gasteiger partial charge on any atom is 0.0865 e. The number of anilines is 3. The van der Waals surface area contributed by atoms with Crippen LogP contribution in [0.4, 0.5) is 17.1 Å². The molecule has 3 N–H and O–H groups in total. The molecule has 0 aliphatic heterocycles. The van der Waals surface area contributed by atoms with Gasteiger partial charge in [-0.1, -0.05) is 0 Å². The highest BCUT2D eigenvalue weighted by molar-refractivity contribution is 5.72. The molecule has 0 bridgehead atoms. The second-order valence-corrected chi connectivity index (χ2v) is 2.94. The van der Waals surface area contributed by atoms with E-state index in [2.05, 4.69) is 5.32 Å². The number of nitrogens with one attached hydrogen (secondary N) is 1. The maximum atomic E-state index is 5.68. The number of nitrogens with two attached hydrogens (primary N) is 1. The van der Waals surface area contributed by atoms with Gasteiger partial charge in [-0.05, 0) is 25.1 Å². The molecule has 4 nitrogen and oxygen atoms in total. The molecule has 0 amide bonds. The first-order chi connectivity index (χ1) is 6.69. The van der Waals surface area contributed by atoms with Crippen molar-refractivity contribution in [2.24, 2.45) is 0 Å². The monoisotopic (exact) mass is 195 g/mol. The predicted octanol–water partition coefficient (Wildman–Crippen LogP) is 1.70. The summed E-state index contributed by atoms with van der Waals surface area (Å²) in [6.07, 6.45) is 0. The van der Waals surface area contributed by atoms with Gasteiger partial charge in [0.15, 0.2) is 0 Å². The van der Waals surface area contributed by atoms with Crippen molar-refractivity contribution < 1.29 is 4.84 Å². The van der Waals surface area contributed by atoms with Gasteiger partial charge in [-0.2, -0.15) is 0 Å². The minimum atomic E-state index is 0.643. The molecule has 14 heavy (non-hydrogen) atoms. The Bertz CT molecular complexity index is 301. The van der Waals surface area contributed by atoms with Crippen molar-refractivity contribution in [3.05, 3.63) is 18.2 Å². The zero-order valence-corrected chi connectivity index (χ0v) is 8.87. The molecule has 1 rings (SSSR count). The molecule has 78 valence electrons. The zero-order chi connectivity index (χ0) is 10.6. The van der Waals surface area contributed by atoms with Crippen LogP contribution in [0.25, 0.3) is 0 Å². The minimum absolute atomic E-state index is 0.643. The van der Waals surface area contributed by atoms with Crippen molar-refractivity contribution in [1.29, 1.82) is 0 Å². The molecule has 0 unspecified atom stereocenters. The molecular formula is C10H17N3O. The molecule has 0 spiro atoms. The highest BCUT2D eigenvalue weighted by atomic mass is 16.7. The molecule has 0 fully saturated rings. The van der Waals surface area contributed by atoms with Gasteiger partial charge in [0.25, 0.3) is 0 Å². The van der Waals surface area contributed by atoms with Crippen molar-refractivity contribution in [1.82, 2.24) is 0 Å². The van der Waals surface area contributed by atoms with Crippen LogP contribution in [0.1, 0.15) is 6.92 Å². The summed E-state index contributed by atoms with van der Waals surface area (Å²) in [5, 5.41) is 4.80. The fourth-order valence-corrected chi connectivity index (χ4v) is 1.29. The summed E-state index contributed by atoms with van der Waals surface area (Å²) in [6.45, 7) is 2.59. The number of benzene rings is 1. The van der Waals surface area contributed by atoms with Gasteiger partial charge >= 0.3 is 0 Å². The number of nitrogens with zero attached hydrogens (tertiary/aromatic N) is 1. The van der Waals surface area contributed by atoms with Gasteiger partial charge in [-0.25, -0.2) is 0 Å². The number of rotatable bonds is 4. The van der Waals surface area contributed by atoms with E-state index in [1.807, 2.05) is 39.2 Å². The molecule has 0 aromatic heterocycles. The van der Waals surface area contributed by atoms with Crippen LogP contribution in [-0.2, 0) is 4.84 Å². The normalized spacial score (nSPS) is 9.93. The Hall–Kier alpha value is -1.42. The van der Waals surface area contributed by atoms with E-state index in [0.29, 0.717) is 6.61 Å². The van der Waals surface area contributed by atoms with Gasteiger partial charge in [0, 0.05) is 19.8 Å². The Balaban J connectivity index is 2.95. The van der Waals surface area contributed by atoms with Gasteiger partial charge < -0.3 is 11.1 Å². The highest BCUT2D eigenvalue weighted by Gasteiger charge is 2.06. The van der Waals surface area contributed by atoms with Gasteiger partial charge in [0.2, 0.25) is 0 Å². The van der Waals surface area contributed by atoms with E-state index in [1.54, 1.807) is 5.06 Å². The van der Waals surface area contributed by atoms with Crippen molar-refractivity contribution in [3.8, 4) is 0 Å². The Morgan fingerprint density at radius 2 is 2.21 bits per heavy atom. The average Bonchev–Trinajstić information content (AvgIpc) is 2.17.